The Morgan fingerprint density at radius 1 is 1.82 bits per heavy atom. The zero-order valence-electron chi connectivity index (χ0n) is 6.46. The molecule has 1 rings (SSSR count). The fourth-order valence-electron chi connectivity index (χ4n) is 0.834. The fraction of sp³-hybridized carbons (Fsp3) is 0.250. The average Bonchev–Trinajstić information content (AvgIpc) is 2.36. The predicted molar refractivity (Wildman–Crippen MR) is 40.5 cm³/mol. The molecule has 0 spiro atoms. The van der Waals surface area contributed by atoms with E-state index in [-0.39, 0.29) is 0 Å². The zero-order chi connectivity index (χ0) is 8.27. The highest BCUT2D eigenvalue weighted by Gasteiger charge is 2.03. The summed E-state index contributed by atoms with van der Waals surface area (Å²) >= 11 is 0. The summed E-state index contributed by atoms with van der Waals surface area (Å²) in [6.45, 7) is 3.72. The molecule has 1 heterocycles. The van der Waals surface area contributed by atoms with Crippen molar-refractivity contribution in [1.29, 1.82) is 5.26 Å². The normalized spacial score (nSPS) is 11.2. The maximum Gasteiger partial charge on any atom is 0.127 e. The van der Waals surface area contributed by atoms with Crippen LogP contribution in [0.2, 0.25) is 0 Å². The van der Waals surface area contributed by atoms with Crippen molar-refractivity contribution in [3.05, 3.63) is 23.6 Å². The van der Waals surface area contributed by atoms with Crippen LogP contribution in [0.3, 0.4) is 0 Å². The Morgan fingerprint density at radius 2 is 2.55 bits per heavy atom. The summed E-state index contributed by atoms with van der Waals surface area (Å²) in [7, 11) is 0. The molecule has 1 aromatic heterocycles. The molecule has 0 aromatic carbocycles. The quantitative estimate of drug-likeness (QED) is 0.571. The highest BCUT2D eigenvalue weighted by molar-refractivity contribution is 5.64. The van der Waals surface area contributed by atoms with E-state index in [1.165, 1.54) is 6.08 Å². The summed E-state index contributed by atoms with van der Waals surface area (Å²) in [6, 6.07) is 1.94. The molecule has 1 aromatic rings. The Labute approximate surface area is 64.9 Å². The van der Waals surface area contributed by atoms with Crippen molar-refractivity contribution in [3.8, 4) is 6.07 Å². The van der Waals surface area contributed by atoms with Crippen molar-refractivity contribution in [3.63, 3.8) is 0 Å². The second-order valence-electron chi connectivity index (χ2n) is 2.30. The molecule has 0 radical (unpaired) electrons. The van der Waals surface area contributed by atoms with Crippen molar-refractivity contribution in [2.75, 3.05) is 0 Å². The molecule has 0 aliphatic heterocycles. The van der Waals surface area contributed by atoms with E-state index in [0.29, 0.717) is 0 Å². The molecular weight excluding hydrogens is 140 g/mol. The van der Waals surface area contributed by atoms with Crippen LogP contribution < -0.4 is 0 Å². The van der Waals surface area contributed by atoms with E-state index < -0.39 is 0 Å². The van der Waals surface area contributed by atoms with Gasteiger partial charge in [-0.2, -0.15) is 5.26 Å². The predicted octanol–water partition coefficient (Wildman–Crippen LogP) is 1.91. The minimum atomic E-state index is 0.756. The van der Waals surface area contributed by atoms with E-state index in [2.05, 4.69) is 5.16 Å². The highest BCUT2D eigenvalue weighted by atomic mass is 16.5. The second kappa shape index (κ2) is 3.02. The lowest BCUT2D eigenvalue weighted by molar-refractivity contribution is 0.417. The number of rotatable bonds is 1. The third-order valence-electron chi connectivity index (χ3n) is 1.40. The third kappa shape index (κ3) is 1.47. The summed E-state index contributed by atoms with van der Waals surface area (Å²) in [5.41, 5.74) is 2.54. The third-order valence-corrected chi connectivity index (χ3v) is 1.40. The zero-order valence-corrected chi connectivity index (χ0v) is 6.46. The van der Waals surface area contributed by atoms with E-state index in [4.69, 9.17) is 9.78 Å². The van der Waals surface area contributed by atoms with Crippen LogP contribution >= 0.6 is 0 Å². The molecule has 0 amide bonds. The summed E-state index contributed by atoms with van der Waals surface area (Å²) in [6.07, 6.45) is 3.01. The standard InChI is InChI=1S/C8H8N2O/c1-6(3-4-9)8-7(2)5-11-10-8/h3,5H,1-2H3. The number of hydrogen-bond donors (Lipinski definition) is 0. The second-order valence-corrected chi connectivity index (χ2v) is 2.30. The number of aryl methyl sites for hydroxylation is 1. The van der Waals surface area contributed by atoms with Crippen LogP contribution in [0.5, 0.6) is 0 Å². The Hall–Kier alpha value is -1.56. The van der Waals surface area contributed by atoms with Gasteiger partial charge in [-0.1, -0.05) is 5.16 Å². The van der Waals surface area contributed by atoms with E-state index in [1.54, 1.807) is 6.26 Å². The Morgan fingerprint density at radius 3 is 3.00 bits per heavy atom. The van der Waals surface area contributed by atoms with Gasteiger partial charge in [0.25, 0.3) is 0 Å². The first-order valence-corrected chi connectivity index (χ1v) is 3.23. The van der Waals surface area contributed by atoms with Crippen LogP contribution in [0.25, 0.3) is 5.57 Å². The monoisotopic (exact) mass is 148 g/mol. The SMILES string of the molecule is CC(=CC#N)c1nocc1C. The first kappa shape index (κ1) is 7.55. The minimum Gasteiger partial charge on any atom is -0.364 e. The molecule has 0 bridgehead atoms. The van der Waals surface area contributed by atoms with E-state index in [9.17, 15) is 0 Å². The summed E-state index contributed by atoms with van der Waals surface area (Å²) < 4.78 is 4.71. The lowest BCUT2D eigenvalue weighted by atomic mass is 10.1. The van der Waals surface area contributed by atoms with Gasteiger partial charge in [0.1, 0.15) is 12.0 Å². The van der Waals surface area contributed by atoms with Gasteiger partial charge in [0.2, 0.25) is 0 Å². The van der Waals surface area contributed by atoms with Crippen molar-refractivity contribution in [2.24, 2.45) is 0 Å². The maximum atomic E-state index is 8.34. The van der Waals surface area contributed by atoms with Crippen molar-refractivity contribution >= 4 is 5.57 Å². The largest absolute Gasteiger partial charge is 0.364 e. The van der Waals surface area contributed by atoms with E-state index >= 15 is 0 Å². The minimum absolute atomic E-state index is 0.756. The molecular formula is C8H8N2O. The van der Waals surface area contributed by atoms with Gasteiger partial charge in [-0.15, -0.1) is 0 Å². The maximum absolute atomic E-state index is 8.34. The smallest absolute Gasteiger partial charge is 0.127 e. The molecule has 0 aliphatic rings. The van der Waals surface area contributed by atoms with Crippen LogP contribution in [0, 0.1) is 18.3 Å². The van der Waals surface area contributed by atoms with Gasteiger partial charge in [0, 0.05) is 11.6 Å². The Bertz CT molecular complexity index is 317. The van der Waals surface area contributed by atoms with Crippen LogP contribution in [0.4, 0.5) is 0 Å². The van der Waals surface area contributed by atoms with Gasteiger partial charge < -0.3 is 4.52 Å². The molecule has 0 saturated heterocycles. The molecule has 56 valence electrons. The van der Waals surface area contributed by atoms with Crippen LogP contribution in [-0.4, -0.2) is 5.16 Å². The first-order chi connectivity index (χ1) is 5.25. The summed E-state index contributed by atoms with van der Waals surface area (Å²) in [5, 5.41) is 12.1. The van der Waals surface area contributed by atoms with Crippen molar-refractivity contribution in [1.82, 2.24) is 5.16 Å². The molecule has 0 unspecified atom stereocenters. The topological polar surface area (TPSA) is 49.8 Å². The van der Waals surface area contributed by atoms with Crippen LogP contribution in [0.1, 0.15) is 18.2 Å². The molecule has 11 heavy (non-hydrogen) atoms. The summed E-state index contributed by atoms with van der Waals surface area (Å²) in [4.78, 5) is 0. The molecule has 0 N–H and O–H groups in total. The Kier molecular flexibility index (Phi) is 2.07. The van der Waals surface area contributed by atoms with Gasteiger partial charge in [-0.25, -0.2) is 0 Å². The number of hydrogen-bond acceptors (Lipinski definition) is 3. The molecule has 3 heteroatoms. The van der Waals surface area contributed by atoms with E-state index in [1.807, 2.05) is 19.9 Å². The molecule has 0 atom stereocenters. The highest BCUT2D eigenvalue weighted by Crippen LogP contribution is 2.14. The average molecular weight is 148 g/mol. The van der Waals surface area contributed by atoms with Gasteiger partial charge in [-0.05, 0) is 19.4 Å². The molecule has 0 aliphatic carbocycles. The van der Waals surface area contributed by atoms with Crippen LogP contribution in [0.15, 0.2) is 16.9 Å². The molecule has 0 saturated carbocycles. The Balaban J connectivity index is 3.04. The number of allylic oxidation sites excluding steroid dienone is 2. The number of nitrogens with zero attached hydrogens (tertiary/aromatic N) is 2. The van der Waals surface area contributed by atoms with E-state index in [0.717, 1.165) is 16.8 Å². The lowest BCUT2D eigenvalue weighted by Gasteiger charge is -1.90. The van der Waals surface area contributed by atoms with Crippen molar-refractivity contribution in [2.45, 2.75) is 13.8 Å². The number of nitriles is 1. The van der Waals surface area contributed by atoms with Gasteiger partial charge >= 0.3 is 0 Å². The fourth-order valence-corrected chi connectivity index (χ4v) is 0.834. The lowest BCUT2D eigenvalue weighted by Crippen LogP contribution is -1.81. The molecule has 3 nitrogen and oxygen atoms in total. The van der Waals surface area contributed by atoms with Crippen LogP contribution in [-0.2, 0) is 0 Å². The van der Waals surface area contributed by atoms with Crippen molar-refractivity contribution < 1.29 is 4.52 Å². The number of aromatic nitrogens is 1. The van der Waals surface area contributed by atoms with Gasteiger partial charge in [0.05, 0.1) is 6.07 Å². The first-order valence-electron chi connectivity index (χ1n) is 3.23. The molecule has 0 fully saturated rings. The van der Waals surface area contributed by atoms with Gasteiger partial charge in [-0.3, -0.25) is 0 Å². The van der Waals surface area contributed by atoms with Gasteiger partial charge in [0.15, 0.2) is 0 Å². The summed E-state index contributed by atoms with van der Waals surface area (Å²) in [5.74, 6) is 0.